The van der Waals surface area contributed by atoms with Crippen LogP contribution in [0.4, 0.5) is 5.82 Å². The van der Waals surface area contributed by atoms with Crippen molar-refractivity contribution in [1.82, 2.24) is 10.3 Å². The van der Waals surface area contributed by atoms with Crippen LogP contribution in [0.2, 0.25) is 5.02 Å². The van der Waals surface area contributed by atoms with Crippen LogP contribution < -0.4 is 11.1 Å². The van der Waals surface area contributed by atoms with Gasteiger partial charge in [0.2, 0.25) is 0 Å². The molecule has 94 valence electrons. The molecule has 3 N–H and O–H groups in total. The molecular weight excluding hydrogens is 238 g/mol. The Morgan fingerprint density at radius 3 is 2.76 bits per heavy atom. The summed E-state index contributed by atoms with van der Waals surface area (Å²) in [6, 6.07) is 1.56. The van der Waals surface area contributed by atoms with Gasteiger partial charge in [-0.1, -0.05) is 11.6 Å². The number of anilines is 1. The first-order chi connectivity index (χ1) is 7.79. The standard InChI is InChI=1S/C12H18ClN3O/c1-12(2,3)16-5-4-10(17)9-6-8(13)7-15-11(9)14/h6-7,16H,4-5H2,1-3H3,(H2,14,15). The predicted molar refractivity (Wildman–Crippen MR) is 70.4 cm³/mol. The molecule has 0 aromatic carbocycles. The molecule has 0 saturated carbocycles. The highest BCUT2D eigenvalue weighted by atomic mass is 35.5. The Balaban J connectivity index is 2.61. The molecule has 0 aliphatic heterocycles. The number of pyridine rings is 1. The van der Waals surface area contributed by atoms with E-state index in [9.17, 15) is 4.79 Å². The van der Waals surface area contributed by atoms with Gasteiger partial charge in [0.25, 0.3) is 0 Å². The average Bonchev–Trinajstić information content (AvgIpc) is 2.19. The number of ketones is 1. The molecule has 0 radical (unpaired) electrons. The predicted octanol–water partition coefficient (Wildman–Crippen LogP) is 2.28. The van der Waals surface area contributed by atoms with Crippen LogP contribution in [0.3, 0.4) is 0 Å². The molecule has 1 heterocycles. The summed E-state index contributed by atoms with van der Waals surface area (Å²) in [7, 11) is 0. The summed E-state index contributed by atoms with van der Waals surface area (Å²) in [5.74, 6) is 0.185. The van der Waals surface area contributed by atoms with Crippen molar-refractivity contribution in [3.05, 3.63) is 22.8 Å². The summed E-state index contributed by atoms with van der Waals surface area (Å²) in [6.07, 6.45) is 1.81. The van der Waals surface area contributed by atoms with Crippen LogP contribution in [0.15, 0.2) is 12.3 Å². The summed E-state index contributed by atoms with van der Waals surface area (Å²) >= 11 is 5.78. The Labute approximate surface area is 107 Å². The molecule has 0 atom stereocenters. The number of rotatable bonds is 4. The fourth-order valence-corrected chi connectivity index (χ4v) is 1.52. The number of hydrogen-bond donors (Lipinski definition) is 2. The molecule has 0 spiro atoms. The quantitative estimate of drug-likeness (QED) is 0.810. The molecule has 0 fully saturated rings. The molecule has 0 bridgehead atoms. The van der Waals surface area contributed by atoms with Crippen LogP contribution in [0.25, 0.3) is 0 Å². The third-order valence-electron chi connectivity index (χ3n) is 2.19. The zero-order valence-electron chi connectivity index (χ0n) is 10.4. The van der Waals surface area contributed by atoms with E-state index in [1.165, 1.54) is 6.20 Å². The lowest BCUT2D eigenvalue weighted by atomic mass is 10.1. The maximum atomic E-state index is 11.9. The molecule has 0 amide bonds. The van der Waals surface area contributed by atoms with Crippen LogP contribution in [0.5, 0.6) is 0 Å². The van der Waals surface area contributed by atoms with Crippen molar-refractivity contribution >= 4 is 23.2 Å². The van der Waals surface area contributed by atoms with Gasteiger partial charge in [0.05, 0.1) is 10.6 Å². The summed E-state index contributed by atoms with van der Waals surface area (Å²) in [5, 5.41) is 3.66. The van der Waals surface area contributed by atoms with Crippen molar-refractivity contribution in [3.8, 4) is 0 Å². The van der Waals surface area contributed by atoms with Gasteiger partial charge in [0.15, 0.2) is 5.78 Å². The summed E-state index contributed by atoms with van der Waals surface area (Å²) < 4.78 is 0. The number of halogens is 1. The van der Waals surface area contributed by atoms with Gasteiger partial charge in [-0.3, -0.25) is 4.79 Å². The first-order valence-electron chi connectivity index (χ1n) is 5.49. The van der Waals surface area contributed by atoms with Gasteiger partial charge in [-0.05, 0) is 26.8 Å². The third kappa shape index (κ3) is 4.71. The van der Waals surface area contributed by atoms with E-state index >= 15 is 0 Å². The van der Waals surface area contributed by atoms with Gasteiger partial charge in [-0.15, -0.1) is 0 Å². The number of aromatic nitrogens is 1. The minimum absolute atomic E-state index is 0.00158. The van der Waals surface area contributed by atoms with E-state index in [4.69, 9.17) is 17.3 Å². The zero-order chi connectivity index (χ0) is 13.1. The highest BCUT2D eigenvalue weighted by molar-refractivity contribution is 6.31. The van der Waals surface area contributed by atoms with E-state index in [-0.39, 0.29) is 17.1 Å². The summed E-state index contributed by atoms with van der Waals surface area (Å²) in [6.45, 7) is 6.75. The second-order valence-corrected chi connectivity index (χ2v) is 5.37. The van der Waals surface area contributed by atoms with Gasteiger partial charge in [0.1, 0.15) is 5.82 Å². The highest BCUT2D eigenvalue weighted by Crippen LogP contribution is 2.16. The Bertz CT molecular complexity index is 413. The van der Waals surface area contributed by atoms with Crippen LogP contribution in [-0.4, -0.2) is 22.9 Å². The number of hydrogen-bond acceptors (Lipinski definition) is 4. The first-order valence-corrected chi connectivity index (χ1v) is 5.86. The van der Waals surface area contributed by atoms with E-state index < -0.39 is 0 Å². The van der Waals surface area contributed by atoms with Gasteiger partial charge >= 0.3 is 0 Å². The van der Waals surface area contributed by atoms with E-state index in [1.54, 1.807) is 6.07 Å². The maximum Gasteiger partial charge on any atom is 0.167 e. The zero-order valence-corrected chi connectivity index (χ0v) is 11.1. The number of Topliss-reactive ketones (excluding diaryl/α,β-unsaturated/α-hetero) is 1. The first kappa shape index (κ1) is 13.9. The molecule has 0 saturated heterocycles. The lowest BCUT2D eigenvalue weighted by Crippen LogP contribution is -2.37. The largest absolute Gasteiger partial charge is 0.383 e. The van der Waals surface area contributed by atoms with Crippen molar-refractivity contribution < 1.29 is 4.79 Å². The van der Waals surface area contributed by atoms with E-state index in [1.807, 2.05) is 20.8 Å². The van der Waals surface area contributed by atoms with E-state index in [0.29, 0.717) is 23.6 Å². The Hall–Kier alpha value is -1.13. The van der Waals surface area contributed by atoms with Gasteiger partial charge in [-0.25, -0.2) is 4.98 Å². The number of nitrogens with one attached hydrogen (secondary N) is 1. The molecule has 1 rings (SSSR count). The van der Waals surface area contributed by atoms with Crippen molar-refractivity contribution in [3.63, 3.8) is 0 Å². The smallest absolute Gasteiger partial charge is 0.167 e. The highest BCUT2D eigenvalue weighted by Gasteiger charge is 2.13. The minimum Gasteiger partial charge on any atom is -0.383 e. The molecule has 0 aliphatic carbocycles. The Morgan fingerprint density at radius 2 is 2.18 bits per heavy atom. The van der Waals surface area contributed by atoms with Crippen LogP contribution in [-0.2, 0) is 0 Å². The van der Waals surface area contributed by atoms with Crippen LogP contribution in [0, 0.1) is 0 Å². The van der Waals surface area contributed by atoms with Gasteiger partial charge < -0.3 is 11.1 Å². The van der Waals surface area contributed by atoms with Gasteiger partial charge in [0, 0.05) is 24.7 Å². The second kappa shape index (κ2) is 5.47. The van der Waals surface area contributed by atoms with Crippen molar-refractivity contribution in [2.45, 2.75) is 32.7 Å². The molecule has 0 unspecified atom stereocenters. The third-order valence-corrected chi connectivity index (χ3v) is 2.40. The number of nitrogens with zero attached hydrogens (tertiary/aromatic N) is 1. The SMILES string of the molecule is CC(C)(C)NCCC(=O)c1cc(Cl)cnc1N. The van der Waals surface area contributed by atoms with Crippen molar-refractivity contribution in [2.24, 2.45) is 0 Å². The fraction of sp³-hybridized carbons (Fsp3) is 0.500. The van der Waals surface area contributed by atoms with E-state index in [0.717, 1.165) is 0 Å². The van der Waals surface area contributed by atoms with Crippen molar-refractivity contribution in [2.75, 3.05) is 12.3 Å². The number of carbonyl (C=O) groups is 1. The molecule has 1 aromatic rings. The molecule has 5 heteroatoms. The fourth-order valence-electron chi connectivity index (χ4n) is 1.36. The number of nitrogen functional groups attached to an aromatic ring is 1. The van der Waals surface area contributed by atoms with Crippen LogP contribution in [0.1, 0.15) is 37.6 Å². The normalized spacial score (nSPS) is 11.5. The Morgan fingerprint density at radius 1 is 1.53 bits per heavy atom. The number of carbonyl (C=O) groups excluding carboxylic acids is 1. The minimum atomic E-state index is -0.0470. The second-order valence-electron chi connectivity index (χ2n) is 4.94. The van der Waals surface area contributed by atoms with Crippen molar-refractivity contribution in [1.29, 1.82) is 0 Å². The molecule has 1 aromatic heterocycles. The average molecular weight is 256 g/mol. The molecule has 17 heavy (non-hydrogen) atoms. The van der Waals surface area contributed by atoms with E-state index in [2.05, 4.69) is 10.3 Å². The summed E-state index contributed by atoms with van der Waals surface area (Å²) in [5.41, 5.74) is 6.03. The molecule has 0 aliphatic rings. The number of nitrogens with two attached hydrogens (primary N) is 1. The lowest BCUT2D eigenvalue weighted by Gasteiger charge is -2.20. The monoisotopic (exact) mass is 255 g/mol. The summed E-state index contributed by atoms with van der Waals surface area (Å²) in [4.78, 5) is 15.7. The van der Waals surface area contributed by atoms with Crippen LogP contribution >= 0.6 is 11.6 Å². The topological polar surface area (TPSA) is 68.0 Å². The Kier molecular flexibility index (Phi) is 4.48. The van der Waals surface area contributed by atoms with Gasteiger partial charge in [-0.2, -0.15) is 0 Å². The lowest BCUT2D eigenvalue weighted by molar-refractivity contribution is 0.0981. The molecule has 4 nitrogen and oxygen atoms in total. The molecular formula is C12H18ClN3O. The maximum absolute atomic E-state index is 11.9.